The van der Waals surface area contributed by atoms with Crippen LogP contribution in [0.1, 0.15) is 158 Å². The fourth-order valence-electron chi connectivity index (χ4n) is 12.9. The van der Waals surface area contributed by atoms with Crippen LogP contribution in [-0.2, 0) is 17.1 Å². The van der Waals surface area contributed by atoms with E-state index in [1.54, 1.807) is 0 Å². The van der Waals surface area contributed by atoms with Gasteiger partial charge in [0.1, 0.15) is 46.0 Å². The quantitative estimate of drug-likeness (QED) is 0.0287. The van der Waals surface area contributed by atoms with Crippen molar-refractivity contribution in [3.8, 4) is 91.5 Å². The molecule has 16 nitrogen and oxygen atoms in total. The van der Waals surface area contributed by atoms with E-state index in [1.807, 2.05) is 48.5 Å². The Balaban J connectivity index is 0.00000897. The average Bonchev–Trinajstić information content (AvgIpc) is 1.57. The minimum absolute atomic E-state index is 0. The molecule has 1 radical (unpaired) electrons. The van der Waals surface area contributed by atoms with Crippen molar-refractivity contribution < 1.29 is 55.0 Å². The standard InChI is InChI=1S/C80H88N8O8.Cu/c1-9-17-41-89-65-49-33-25-26-34-50(49)66(90-42-18-10-2)58-57(65)73-81-74(58)86-76-61-62(70(94-46-22-14-6)54-38-30-29-37-53(54)69(61)93-45-21-13-5)78(83-76)88-80-64-63(71(95-47-23-15-7)55-39-31-32-40-56(55)72(64)96-48-24-16-8)79(84-80)87-77-60-59(75(82-77)85-73)67(91-43-19-11-3)51-35-27-28-36-52(51)68(60)92-44-20-12-4;/h25-40H,9-24,41-48H2,1-8H3;/q-2;+2. The molecule has 8 aromatic carbocycles. The van der Waals surface area contributed by atoms with Crippen molar-refractivity contribution in [1.82, 2.24) is 39.9 Å². The Kier molecular flexibility index (Phi) is 22.1. The monoisotopic (exact) mass is 1350 g/mol. The van der Waals surface area contributed by atoms with Crippen molar-refractivity contribution in [2.24, 2.45) is 0 Å². The molecule has 2 aliphatic rings. The number of aromatic nitrogens is 8. The predicted molar refractivity (Wildman–Crippen MR) is 387 cm³/mol. The van der Waals surface area contributed by atoms with Gasteiger partial charge < -0.3 is 67.8 Å². The normalized spacial score (nSPS) is 11.8. The number of benzene rings is 8. The van der Waals surface area contributed by atoms with Crippen molar-refractivity contribution in [2.75, 3.05) is 52.9 Å². The van der Waals surface area contributed by atoms with Crippen molar-refractivity contribution in [2.45, 2.75) is 158 Å². The third-order valence-corrected chi connectivity index (χ3v) is 17.9. The summed E-state index contributed by atoms with van der Waals surface area (Å²) < 4.78 is 57.0. The molecule has 5 heterocycles. The minimum atomic E-state index is 0. The largest absolute Gasteiger partial charge is 2.00 e. The summed E-state index contributed by atoms with van der Waals surface area (Å²) in [4.78, 5) is 45.8. The van der Waals surface area contributed by atoms with Gasteiger partial charge in [0.15, 0.2) is 0 Å². The van der Waals surface area contributed by atoms with Crippen molar-refractivity contribution in [1.29, 1.82) is 0 Å². The molecule has 2 aliphatic heterocycles. The number of ether oxygens (including phenoxy) is 8. The van der Waals surface area contributed by atoms with Gasteiger partial charge >= 0.3 is 17.1 Å². The fraction of sp³-hybridized carbons (Fsp3) is 0.400. The summed E-state index contributed by atoms with van der Waals surface area (Å²) in [5.41, 5.74) is 3.67. The van der Waals surface area contributed by atoms with E-state index in [-0.39, 0.29) is 17.1 Å². The van der Waals surface area contributed by atoms with Crippen LogP contribution in [0, 0.1) is 0 Å². The number of hydrogen-bond acceptors (Lipinski definition) is 14. The molecular weight excluding hydrogens is 1260 g/mol. The maximum Gasteiger partial charge on any atom is 2.00 e. The first-order chi connectivity index (χ1) is 47.4. The van der Waals surface area contributed by atoms with Crippen LogP contribution in [0.25, 0.3) is 133 Å². The van der Waals surface area contributed by atoms with E-state index >= 15 is 0 Å². The van der Waals surface area contributed by atoms with Gasteiger partial charge in [-0.15, -0.1) is 0 Å². The number of nitrogens with zero attached hydrogens (tertiary/aromatic N) is 8. The Morgan fingerprint density at radius 2 is 0.402 bits per heavy atom. The molecule has 8 bridgehead atoms. The molecule has 0 saturated carbocycles. The molecule has 0 unspecified atom stereocenters. The van der Waals surface area contributed by atoms with Gasteiger partial charge in [0.05, 0.1) is 98.4 Å². The first kappa shape index (κ1) is 68.0. The molecule has 0 fully saturated rings. The second-order valence-electron chi connectivity index (χ2n) is 24.9. The van der Waals surface area contributed by atoms with Crippen LogP contribution in [0.4, 0.5) is 0 Å². The Morgan fingerprint density at radius 3 is 0.577 bits per heavy atom. The van der Waals surface area contributed by atoms with E-state index in [9.17, 15) is 0 Å². The molecule has 0 aliphatic carbocycles. The third-order valence-electron chi connectivity index (χ3n) is 17.9. The van der Waals surface area contributed by atoms with Crippen molar-refractivity contribution in [3.05, 3.63) is 97.1 Å². The first-order valence-corrected chi connectivity index (χ1v) is 35.5. The molecule has 17 heteroatoms. The molecule has 0 atom stereocenters. The molecule has 0 spiro atoms. The molecule has 3 aromatic heterocycles. The fourth-order valence-corrected chi connectivity index (χ4v) is 12.9. The number of hydrogen-bond donors (Lipinski definition) is 0. The average molecular weight is 1350 g/mol. The van der Waals surface area contributed by atoms with E-state index in [0.29, 0.717) is 189 Å². The van der Waals surface area contributed by atoms with Gasteiger partial charge in [0.25, 0.3) is 0 Å². The van der Waals surface area contributed by atoms with E-state index in [4.69, 9.17) is 77.8 Å². The first-order valence-electron chi connectivity index (χ1n) is 35.5. The topological polar surface area (TPSA) is 179 Å². The Labute approximate surface area is 578 Å². The van der Waals surface area contributed by atoms with Gasteiger partial charge in [-0.2, -0.15) is 0 Å². The molecule has 97 heavy (non-hydrogen) atoms. The van der Waals surface area contributed by atoms with Crippen LogP contribution in [-0.4, -0.2) is 82.8 Å². The molecule has 11 aromatic rings. The zero-order valence-electron chi connectivity index (χ0n) is 57.4. The van der Waals surface area contributed by atoms with Crippen LogP contribution in [0.15, 0.2) is 97.1 Å². The maximum absolute atomic E-state index is 7.13. The SMILES string of the molecule is CCCCOc1c2c(c(OCCCC)c3ccccc13)-c1nc-2nc2[n-]c(nc3nc(nc4[n-]c(n1)c1c(OCCCC)c5ccccc5c(OCCCC)c41)-c1c-3c(OCCCC)c3ccccc3c1OCCCC)c1c(OCCCC)c3ccccc3c(OCCCC)c21.[Cu+2]. The predicted octanol–water partition coefficient (Wildman–Crippen LogP) is 20.2. The van der Waals surface area contributed by atoms with Crippen molar-refractivity contribution >= 4 is 87.2 Å². The van der Waals surface area contributed by atoms with Gasteiger partial charge in [-0.1, -0.05) is 204 Å². The molecule has 0 N–H and O–H groups in total. The summed E-state index contributed by atoms with van der Waals surface area (Å²) in [6, 6.07) is 33.0. The summed E-state index contributed by atoms with van der Waals surface area (Å²) in [6.45, 7) is 20.8. The smallest absolute Gasteiger partial charge is 0.492 e. The van der Waals surface area contributed by atoms with Crippen LogP contribution >= 0.6 is 0 Å². The van der Waals surface area contributed by atoms with E-state index in [1.165, 1.54) is 0 Å². The van der Waals surface area contributed by atoms with Gasteiger partial charge in [-0.05, 0) is 51.4 Å². The van der Waals surface area contributed by atoms with E-state index in [0.717, 1.165) is 146 Å². The number of unbranched alkanes of at least 4 members (excludes halogenated alkanes) is 8. The number of fused-ring (bicyclic) bond motifs is 24. The summed E-state index contributed by atoms with van der Waals surface area (Å²) >= 11 is 0. The van der Waals surface area contributed by atoms with Crippen LogP contribution in [0.3, 0.4) is 0 Å². The second-order valence-corrected chi connectivity index (χ2v) is 24.9. The minimum Gasteiger partial charge on any atom is -0.492 e. The van der Waals surface area contributed by atoms with Crippen LogP contribution in [0.2, 0.25) is 0 Å². The van der Waals surface area contributed by atoms with Crippen molar-refractivity contribution in [3.63, 3.8) is 0 Å². The molecule has 0 amide bonds. The Hall–Kier alpha value is -8.92. The van der Waals surface area contributed by atoms with Gasteiger partial charge in [0.2, 0.25) is 0 Å². The van der Waals surface area contributed by atoms with Crippen LogP contribution in [0.5, 0.6) is 46.0 Å². The van der Waals surface area contributed by atoms with Gasteiger partial charge in [0, 0.05) is 87.2 Å². The maximum atomic E-state index is 7.13. The zero-order chi connectivity index (χ0) is 66.1. The summed E-state index contributed by atoms with van der Waals surface area (Å²) in [5, 5.41) is 9.25. The Morgan fingerprint density at radius 1 is 0.237 bits per heavy atom. The van der Waals surface area contributed by atoms with Gasteiger partial charge in [-0.25, -0.2) is 9.97 Å². The van der Waals surface area contributed by atoms with E-state index in [2.05, 4.69) is 104 Å². The third kappa shape index (κ3) is 13.1. The molecular formula is C80H88CuN8O8. The van der Waals surface area contributed by atoms with Gasteiger partial charge in [-0.3, -0.25) is 0 Å². The molecule has 13 rings (SSSR count). The summed E-state index contributed by atoms with van der Waals surface area (Å²) in [6.07, 6.45) is 13.8. The zero-order valence-corrected chi connectivity index (χ0v) is 58.3. The summed E-state index contributed by atoms with van der Waals surface area (Å²) in [5.74, 6) is 6.07. The summed E-state index contributed by atoms with van der Waals surface area (Å²) in [7, 11) is 0. The molecule has 0 saturated heterocycles. The second kappa shape index (κ2) is 31.5. The molecule has 507 valence electrons. The van der Waals surface area contributed by atoms with Crippen LogP contribution < -0.4 is 47.9 Å². The Bertz CT molecular complexity index is 4250. The number of rotatable bonds is 32. The van der Waals surface area contributed by atoms with E-state index < -0.39 is 0 Å².